The topological polar surface area (TPSA) is 115 Å². The third kappa shape index (κ3) is 3.37. The highest BCUT2D eigenvalue weighted by molar-refractivity contribution is 7.91. The molecule has 112 valence electrons. The number of aliphatic hydroxyl groups is 1. The first kappa shape index (κ1) is 15.0. The van der Waals surface area contributed by atoms with E-state index < -0.39 is 27.1 Å². The molecule has 0 aromatic carbocycles. The Morgan fingerprint density at radius 3 is 2.75 bits per heavy atom. The van der Waals surface area contributed by atoms with Gasteiger partial charge in [0, 0.05) is 24.9 Å². The van der Waals surface area contributed by atoms with Gasteiger partial charge in [-0.15, -0.1) is 0 Å². The fraction of sp³-hybridized carbons (Fsp3) is 0.667. The Labute approximate surface area is 117 Å². The smallest absolute Gasteiger partial charge is 0.269 e. The summed E-state index contributed by atoms with van der Waals surface area (Å²) in [5.41, 5.74) is 5.31. The van der Waals surface area contributed by atoms with Gasteiger partial charge in [0.25, 0.3) is 5.91 Å². The molecule has 1 aliphatic rings. The van der Waals surface area contributed by atoms with Crippen LogP contribution >= 0.6 is 0 Å². The van der Waals surface area contributed by atoms with E-state index >= 15 is 0 Å². The largest absolute Gasteiger partial charge is 0.393 e. The van der Waals surface area contributed by atoms with Gasteiger partial charge in [-0.05, 0) is 25.3 Å². The number of hydrogen-bond donors (Lipinski definition) is 2. The number of aliphatic hydroxyl groups excluding tert-OH is 1. The Morgan fingerprint density at radius 2 is 2.25 bits per heavy atom. The van der Waals surface area contributed by atoms with Crippen molar-refractivity contribution in [3.8, 4) is 0 Å². The molecule has 1 heterocycles. The van der Waals surface area contributed by atoms with Crippen molar-refractivity contribution in [1.29, 1.82) is 0 Å². The number of hydrogen-bond acceptors (Lipinski definition) is 5. The molecule has 0 bridgehead atoms. The Balaban J connectivity index is 1.99. The molecule has 1 fully saturated rings. The second-order valence-electron chi connectivity index (χ2n) is 5.38. The number of carbonyl (C=O) groups is 1. The van der Waals surface area contributed by atoms with Crippen molar-refractivity contribution in [2.24, 2.45) is 11.7 Å². The second-order valence-corrected chi connectivity index (χ2v) is 7.71. The van der Waals surface area contributed by atoms with Gasteiger partial charge in [0.2, 0.25) is 0 Å². The van der Waals surface area contributed by atoms with Gasteiger partial charge in [0.1, 0.15) is 15.5 Å². The number of rotatable bonds is 4. The van der Waals surface area contributed by atoms with Crippen LogP contribution in [0.15, 0.2) is 12.3 Å². The molecule has 2 rings (SSSR count). The number of nitrogens with two attached hydrogens (primary N) is 1. The molecule has 0 unspecified atom stereocenters. The zero-order valence-electron chi connectivity index (χ0n) is 11.3. The number of amides is 1. The molecule has 1 amide bonds. The summed E-state index contributed by atoms with van der Waals surface area (Å²) in [4.78, 5) is 11.0. The molecule has 0 spiro atoms. The van der Waals surface area contributed by atoms with Crippen LogP contribution in [0.25, 0.3) is 0 Å². The maximum absolute atomic E-state index is 11.5. The molecule has 3 N–H and O–H groups in total. The number of nitrogens with zero attached hydrogens (tertiary/aromatic N) is 2. The van der Waals surface area contributed by atoms with Crippen molar-refractivity contribution in [3.05, 3.63) is 18.0 Å². The van der Waals surface area contributed by atoms with E-state index in [0.29, 0.717) is 19.4 Å². The summed E-state index contributed by atoms with van der Waals surface area (Å²) in [5, 5.41) is 13.6. The molecule has 0 aliphatic heterocycles. The maximum Gasteiger partial charge on any atom is 0.269 e. The van der Waals surface area contributed by atoms with Gasteiger partial charge in [-0.2, -0.15) is 5.10 Å². The van der Waals surface area contributed by atoms with Crippen LogP contribution in [0.5, 0.6) is 0 Å². The lowest BCUT2D eigenvalue weighted by Crippen LogP contribution is -2.37. The molecule has 1 aromatic rings. The van der Waals surface area contributed by atoms with Crippen LogP contribution in [0.1, 0.15) is 29.8 Å². The van der Waals surface area contributed by atoms with Crippen molar-refractivity contribution in [2.75, 3.05) is 6.26 Å². The summed E-state index contributed by atoms with van der Waals surface area (Å²) < 4.78 is 24.6. The maximum atomic E-state index is 11.5. The van der Waals surface area contributed by atoms with Crippen LogP contribution in [0.2, 0.25) is 0 Å². The summed E-state index contributed by atoms with van der Waals surface area (Å²) in [6.45, 7) is 0.449. The molecule has 1 saturated carbocycles. The molecule has 1 aromatic heterocycles. The quantitative estimate of drug-likeness (QED) is 0.782. The van der Waals surface area contributed by atoms with Gasteiger partial charge in [-0.25, -0.2) is 8.42 Å². The molecule has 0 saturated heterocycles. The van der Waals surface area contributed by atoms with E-state index in [2.05, 4.69) is 5.10 Å². The molecule has 3 atom stereocenters. The third-order valence-corrected chi connectivity index (χ3v) is 5.47. The molecule has 7 nitrogen and oxygen atoms in total. The monoisotopic (exact) mass is 301 g/mol. The van der Waals surface area contributed by atoms with Crippen molar-refractivity contribution in [3.63, 3.8) is 0 Å². The van der Waals surface area contributed by atoms with E-state index in [4.69, 9.17) is 5.73 Å². The number of carbonyl (C=O) groups excluding carboxylic acids is 1. The van der Waals surface area contributed by atoms with E-state index in [9.17, 15) is 18.3 Å². The van der Waals surface area contributed by atoms with E-state index in [1.54, 1.807) is 10.9 Å². The summed E-state index contributed by atoms with van der Waals surface area (Å²) in [6, 6.07) is 1.52. The first-order valence-electron chi connectivity index (χ1n) is 6.47. The van der Waals surface area contributed by atoms with Crippen LogP contribution < -0.4 is 5.73 Å². The van der Waals surface area contributed by atoms with E-state index in [-0.39, 0.29) is 18.0 Å². The van der Waals surface area contributed by atoms with Gasteiger partial charge in [0.05, 0.1) is 11.4 Å². The van der Waals surface area contributed by atoms with Gasteiger partial charge < -0.3 is 10.8 Å². The number of sulfone groups is 1. The van der Waals surface area contributed by atoms with Crippen LogP contribution in [-0.2, 0) is 16.4 Å². The Morgan fingerprint density at radius 1 is 1.55 bits per heavy atom. The van der Waals surface area contributed by atoms with Gasteiger partial charge in [0.15, 0.2) is 0 Å². The van der Waals surface area contributed by atoms with Gasteiger partial charge in [-0.3, -0.25) is 9.48 Å². The van der Waals surface area contributed by atoms with Crippen molar-refractivity contribution in [1.82, 2.24) is 9.78 Å². The zero-order valence-corrected chi connectivity index (χ0v) is 12.1. The van der Waals surface area contributed by atoms with Crippen molar-refractivity contribution >= 4 is 15.7 Å². The lowest BCUT2D eigenvalue weighted by Gasteiger charge is -2.32. The Bertz CT molecular complexity index is 596. The minimum Gasteiger partial charge on any atom is -0.393 e. The predicted octanol–water partition coefficient (Wildman–Crippen LogP) is -0.444. The molecule has 20 heavy (non-hydrogen) atoms. The average molecular weight is 301 g/mol. The fourth-order valence-electron chi connectivity index (χ4n) is 2.61. The highest BCUT2D eigenvalue weighted by Gasteiger charge is 2.34. The summed E-state index contributed by atoms with van der Waals surface area (Å²) >= 11 is 0. The normalized spacial score (nSPS) is 27.4. The van der Waals surface area contributed by atoms with E-state index in [1.807, 2.05) is 0 Å². The molecular formula is C12H19N3O4S. The number of primary amides is 1. The third-order valence-electron chi connectivity index (χ3n) is 3.83. The number of aromatic nitrogens is 2. The molecule has 1 aliphatic carbocycles. The first-order chi connectivity index (χ1) is 9.27. The highest BCUT2D eigenvalue weighted by atomic mass is 32.2. The van der Waals surface area contributed by atoms with E-state index in [0.717, 1.165) is 0 Å². The molecular weight excluding hydrogens is 282 g/mol. The Kier molecular flexibility index (Phi) is 4.14. The molecule has 8 heteroatoms. The molecule has 0 radical (unpaired) electrons. The van der Waals surface area contributed by atoms with E-state index in [1.165, 1.54) is 12.3 Å². The minimum atomic E-state index is -3.11. The van der Waals surface area contributed by atoms with Crippen LogP contribution in [-0.4, -0.2) is 46.8 Å². The highest BCUT2D eigenvalue weighted by Crippen LogP contribution is 2.29. The van der Waals surface area contributed by atoms with Crippen LogP contribution in [0.3, 0.4) is 0 Å². The summed E-state index contributed by atoms with van der Waals surface area (Å²) in [7, 11) is -3.11. The van der Waals surface area contributed by atoms with Gasteiger partial charge >= 0.3 is 0 Å². The van der Waals surface area contributed by atoms with Crippen molar-refractivity contribution < 1.29 is 18.3 Å². The average Bonchev–Trinajstić information content (AvgIpc) is 2.79. The lowest BCUT2D eigenvalue weighted by molar-refractivity contribution is 0.0600. The van der Waals surface area contributed by atoms with Crippen molar-refractivity contribution in [2.45, 2.75) is 37.2 Å². The fourth-order valence-corrected chi connectivity index (χ4v) is 3.72. The standard InChI is InChI=1S/C12H19N3O4S/c1-20(18,19)9-3-2-8(11(16)6-9)7-15-5-4-10(14-15)12(13)17/h4-5,8-9,11,16H,2-3,6-7H2,1H3,(H2,13,17)/t8-,9+,11+/m1/s1. The van der Waals surface area contributed by atoms with Crippen LogP contribution in [0, 0.1) is 5.92 Å². The predicted molar refractivity (Wildman–Crippen MR) is 72.7 cm³/mol. The van der Waals surface area contributed by atoms with Gasteiger partial charge in [-0.1, -0.05) is 0 Å². The zero-order chi connectivity index (χ0) is 14.9. The summed E-state index contributed by atoms with van der Waals surface area (Å²) in [5.74, 6) is -0.654. The SMILES string of the molecule is CS(=O)(=O)[C@H]1CC[C@H](Cn2ccc(C(N)=O)n2)[C@@H](O)C1. The Hall–Kier alpha value is -1.41. The van der Waals surface area contributed by atoms with Crippen LogP contribution in [0.4, 0.5) is 0 Å². The summed E-state index contributed by atoms with van der Waals surface area (Å²) in [6.07, 6.45) is 3.58. The lowest BCUT2D eigenvalue weighted by atomic mass is 9.86. The second kappa shape index (κ2) is 5.53. The first-order valence-corrected chi connectivity index (χ1v) is 8.43. The minimum absolute atomic E-state index is 0.0615.